The van der Waals surface area contributed by atoms with Crippen LogP contribution in [0.3, 0.4) is 0 Å². The number of carbonyl (C=O) groups is 2. The molecule has 0 radical (unpaired) electrons. The SMILES string of the molecule is COC(=O)C1CCN(C(=O)C[C@@H](C)N[C@H]2C=CCCC2)CC1. The Bertz CT molecular complexity index is 414. The minimum absolute atomic E-state index is 0.0445. The molecule has 1 aliphatic heterocycles. The Labute approximate surface area is 133 Å². The van der Waals surface area contributed by atoms with Crippen LogP contribution in [0.5, 0.6) is 0 Å². The van der Waals surface area contributed by atoms with Crippen LogP contribution in [0.15, 0.2) is 12.2 Å². The number of nitrogens with zero attached hydrogens (tertiary/aromatic N) is 1. The summed E-state index contributed by atoms with van der Waals surface area (Å²) in [5.74, 6) is -0.00806. The van der Waals surface area contributed by atoms with Gasteiger partial charge in [0.05, 0.1) is 13.0 Å². The number of methoxy groups -OCH3 is 1. The van der Waals surface area contributed by atoms with Crippen molar-refractivity contribution in [2.45, 2.75) is 57.5 Å². The van der Waals surface area contributed by atoms with Gasteiger partial charge in [0.1, 0.15) is 0 Å². The summed E-state index contributed by atoms with van der Waals surface area (Å²) in [5.41, 5.74) is 0. The van der Waals surface area contributed by atoms with Crippen LogP contribution < -0.4 is 5.32 Å². The monoisotopic (exact) mass is 308 g/mol. The van der Waals surface area contributed by atoms with Crippen molar-refractivity contribution < 1.29 is 14.3 Å². The number of likely N-dealkylation sites (tertiary alicyclic amines) is 1. The van der Waals surface area contributed by atoms with E-state index in [0.29, 0.717) is 38.4 Å². The van der Waals surface area contributed by atoms with Crippen molar-refractivity contribution in [3.05, 3.63) is 12.2 Å². The van der Waals surface area contributed by atoms with E-state index in [1.807, 2.05) is 4.90 Å². The van der Waals surface area contributed by atoms with Gasteiger partial charge in [-0.2, -0.15) is 0 Å². The second-order valence-electron chi connectivity index (χ2n) is 6.42. The van der Waals surface area contributed by atoms with Crippen LogP contribution in [-0.2, 0) is 14.3 Å². The van der Waals surface area contributed by atoms with Gasteiger partial charge in [-0.15, -0.1) is 0 Å². The molecular formula is C17H28N2O3. The molecule has 5 heteroatoms. The van der Waals surface area contributed by atoms with Gasteiger partial charge in [0.2, 0.25) is 5.91 Å². The number of esters is 1. The Balaban J connectivity index is 1.72. The summed E-state index contributed by atoms with van der Waals surface area (Å²) in [5, 5.41) is 3.52. The van der Waals surface area contributed by atoms with Gasteiger partial charge in [0.15, 0.2) is 0 Å². The number of amides is 1. The molecule has 22 heavy (non-hydrogen) atoms. The maximum absolute atomic E-state index is 12.3. The molecule has 0 aromatic rings. The zero-order valence-electron chi connectivity index (χ0n) is 13.7. The maximum atomic E-state index is 12.3. The molecule has 1 N–H and O–H groups in total. The molecule has 0 aromatic heterocycles. The molecule has 1 heterocycles. The zero-order chi connectivity index (χ0) is 15.9. The summed E-state index contributed by atoms with van der Waals surface area (Å²) < 4.78 is 4.78. The van der Waals surface area contributed by atoms with Crippen LogP contribution in [0.4, 0.5) is 0 Å². The number of hydrogen-bond acceptors (Lipinski definition) is 4. The lowest BCUT2D eigenvalue weighted by Crippen LogP contribution is -2.44. The molecule has 0 bridgehead atoms. The summed E-state index contributed by atoms with van der Waals surface area (Å²) in [6.07, 6.45) is 9.92. The van der Waals surface area contributed by atoms with Gasteiger partial charge in [-0.1, -0.05) is 12.2 Å². The van der Waals surface area contributed by atoms with E-state index in [0.717, 1.165) is 6.42 Å². The molecule has 2 rings (SSSR count). The lowest BCUT2D eigenvalue weighted by Gasteiger charge is -2.32. The maximum Gasteiger partial charge on any atom is 0.308 e. The predicted molar refractivity (Wildman–Crippen MR) is 85.3 cm³/mol. The molecule has 124 valence electrons. The predicted octanol–water partition coefficient (Wildman–Crippen LogP) is 1.87. The van der Waals surface area contributed by atoms with E-state index < -0.39 is 0 Å². The smallest absolute Gasteiger partial charge is 0.308 e. The number of rotatable bonds is 5. The molecule has 0 spiro atoms. The number of allylic oxidation sites excluding steroid dienone is 1. The molecule has 1 saturated heterocycles. The second kappa shape index (κ2) is 8.32. The molecular weight excluding hydrogens is 280 g/mol. The highest BCUT2D eigenvalue weighted by atomic mass is 16.5. The second-order valence-corrected chi connectivity index (χ2v) is 6.42. The summed E-state index contributed by atoms with van der Waals surface area (Å²) in [4.78, 5) is 25.7. The molecule has 2 atom stereocenters. The Morgan fingerprint density at radius 2 is 2.05 bits per heavy atom. The fraction of sp³-hybridized carbons (Fsp3) is 0.765. The number of ether oxygens (including phenoxy) is 1. The first-order valence-electron chi connectivity index (χ1n) is 8.38. The Morgan fingerprint density at radius 3 is 2.64 bits per heavy atom. The summed E-state index contributed by atoms with van der Waals surface area (Å²) in [7, 11) is 1.42. The van der Waals surface area contributed by atoms with Crippen LogP contribution in [0.1, 0.15) is 45.4 Å². The van der Waals surface area contributed by atoms with Gasteiger partial charge in [-0.25, -0.2) is 0 Å². The molecule has 0 unspecified atom stereocenters. The Kier molecular flexibility index (Phi) is 6.43. The average Bonchev–Trinajstić information content (AvgIpc) is 2.55. The first kappa shape index (κ1) is 17.0. The molecule has 1 aliphatic carbocycles. The van der Waals surface area contributed by atoms with Gasteiger partial charge in [-0.05, 0) is 39.0 Å². The number of carbonyl (C=O) groups excluding carboxylic acids is 2. The fourth-order valence-electron chi connectivity index (χ4n) is 3.30. The summed E-state index contributed by atoms with van der Waals surface area (Å²) in [6, 6.07) is 0.584. The molecule has 1 amide bonds. The van der Waals surface area contributed by atoms with Crippen LogP contribution in [0.25, 0.3) is 0 Å². The topological polar surface area (TPSA) is 58.6 Å². The van der Waals surface area contributed by atoms with Gasteiger partial charge >= 0.3 is 5.97 Å². The number of nitrogens with one attached hydrogen (secondary N) is 1. The number of hydrogen-bond donors (Lipinski definition) is 1. The van der Waals surface area contributed by atoms with Gasteiger partial charge < -0.3 is 15.0 Å². The van der Waals surface area contributed by atoms with E-state index in [9.17, 15) is 9.59 Å². The van der Waals surface area contributed by atoms with Crippen molar-refractivity contribution in [3.63, 3.8) is 0 Å². The highest BCUT2D eigenvalue weighted by Crippen LogP contribution is 2.19. The first-order valence-corrected chi connectivity index (χ1v) is 8.38. The van der Waals surface area contributed by atoms with E-state index in [4.69, 9.17) is 4.74 Å². The quantitative estimate of drug-likeness (QED) is 0.622. The van der Waals surface area contributed by atoms with E-state index >= 15 is 0 Å². The summed E-state index contributed by atoms with van der Waals surface area (Å²) in [6.45, 7) is 3.39. The van der Waals surface area contributed by atoms with Crippen molar-refractivity contribution in [1.82, 2.24) is 10.2 Å². The molecule has 1 fully saturated rings. The largest absolute Gasteiger partial charge is 0.469 e. The van der Waals surface area contributed by atoms with Crippen LogP contribution in [0.2, 0.25) is 0 Å². The van der Waals surface area contributed by atoms with Gasteiger partial charge in [-0.3, -0.25) is 9.59 Å². The van der Waals surface area contributed by atoms with E-state index in [2.05, 4.69) is 24.4 Å². The minimum atomic E-state index is -0.147. The molecule has 2 aliphatic rings. The highest BCUT2D eigenvalue weighted by Gasteiger charge is 2.28. The van der Waals surface area contributed by atoms with E-state index in [-0.39, 0.29) is 23.8 Å². The zero-order valence-corrected chi connectivity index (χ0v) is 13.7. The van der Waals surface area contributed by atoms with Crippen molar-refractivity contribution in [1.29, 1.82) is 0 Å². The van der Waals surface area contributed by atoms with Crippen LogP contribution >= 0.6 is 0 Å². The number of piperidine rings is 1. The lowest BCUT2D eigenvalue weighted by molar-refractivity contribution is -0.149. The highest BCUT2D eigenvalue weighted by molar-refractivity contribution is 5.77. The van der Waals surface area contributed by atoms with Crippen molar-refractivity contribution in [3.8, 4) is 0 Å². The summed E-state index contributed by atoms with van der Waals surface area (Å²) >= 11 is 0. The first-order chi connectivity index (χ1) is 10.6. The minimum Gasteiger partial charge on any atom is -0.469 e. The third-order valence-corrected chi connectivity index (χ3v) is 4.62. The van der Waals surface area contributed by atoms with Crippen LogP contribution in [-0.4, -0.2) is 49.1 Å². The van der Waals surface area contributed by atoms with E-state index in [1.54, 1.807) is 0 Å². The molecule has 0 aromatic carbocycles. The third kappa shape index (κ3) is 4.83. The lowest BCUT2D eigenvalue weighted by atomic mass is 9.96. The van der Waals surface area contributed by atoms with Gasteiger partial charge in [0.25, 0.3) is 0 Å². The van der Waals surface area contributed by atoms with Gasteiger partial charge in [0, 0.05) is 31.6 Å². The molecule has 5 nitrogen and oxygen atoms in total. The average molecular weight is 308 g/mol. The Hall–Kier alpha value is -1.36. The fourth-order valence-corrected chi connectivity index (χ4v) is 3.30. The third-order valence-electron chi connectivity index (χ3n) is 4.62. The van der Waals surface area contributed by atoms with Crippen LogP contribution in [0, 0.1) is 5.92 Å². The van der Waals surface area contributed by atoms with Crippen molar-refractivity contribution >= 4 is 11.9 Å². The normalized spacial score (nSPS) is 24.1. The molecule has 0 saturated carbocycles. The van der Waals surface area contributed by atoms with Crippen molar-refractivity contribution in [2.75, 3.05) is 20.2 Å². The van der Waals surface area contributed by atoms with E-state index in [1.165, 1.54) is 20.0 Å². The van der Waals surface area contributed by atoms with Crippen molar-refractivity contribution in [2.24, 2.45) is 5.92 Å². The Morgan fingerprint density at radius 1 is 1.32 bits per heavy atom. The standard InChI is InChI=1S/C17H28N2O3/c1-13(18-15-6-4-3-5-7-15)12-16(20)19-10-8-14(9-11-19)17(21)22-2/h4,6,13-15,18H,3,5,7-12H2,1-2H3/t13-,15+/m1/s1.